The van der Waals surface area contributed by atoms with Gasteiger partial charge in [0.25, 0.3) is 0 Å². The summed E-state index contributed by atoms with van der Waals surface area (Å²) in [7, 11) is 1.77. The average Bonchev–Trinajstić information content (AvgIpc) is 3.58. The van der Waals surface area contributed by atoms with Gasteiger partial charge < -0.3 is 9.84 Å². The summed E-state index contributed by atoms with van der Waals surface area (Å²) >= 11 is 0. The van der Waals surface area contributed by atoms with Crippen LogP contribution in [0.1, 0.15) is 42.8 Å². The molecule has 4 heterocycles. The Bertz CT molecular complexity index is 1600. The highest BCUT2D eigenvalue weighted by Gasteiger charge is 2.24. The summed E-state index contributed by atoms with van der Waals surface area (Å²) in [5.74, 6) is -1.99. The molecule has 0 spiro atoms. The highest BCUT2D eigenvalue weighted by atomic mass is 19.1. The van der Waals surface area contributed by atoms with Crippen molar-refractivity contribution in [3.8, 4) is 22.5 Å². The summed E-state index contributed by atoms with van der Waals surface area (Å²) in [6.07, 6.45) is 6.63. The molecule has 5 aromatic rings. The summed E-state index contributed by atoms with van der Waals surface area (Å²) < 4.78 is 38.5. The lowest BCUT2D eigenvalue weighted by atomic mass is 9.96. The van der Waals surface area contributed by atoms with Gasteiger partial charge in [0.2, 0.25) is 0 Å². The number of halogens is 2. The molecule has 10 nitrogen and oxygen atoms in total. The molecule has 0 unspecified atom stereocenters. The maximum absolute atomic E-state index is 15.3. The molecule has 184 valence electrons. The maximum atomic E-state index is 15.3. The van der Waals surface area contributed by atoms with Gasteiger partial charge in [-0.1, -0.05) is 25.9 Å². The van der Waals surface area contributed by atoms with Gasteiger partial charge in [-0.15, -0.1) is 0 Å². The molecule has 0 aliphatic rings. The second-order valence-corrected chi connectivity index (χ2v) is 9.32. The first-order valence-corrected chi connectivity index (χ1v) is 11.0. The number of nitrogens with zero attached hydrogens (tertiary/aromatic N) is 7. The van der Waals surface area contributed by atoms with E-state index in [2.05, 4.69) is 30.6 Å². The van der Waals surface area contributed by atoms with E-state index in [0.717, 1.165) is 12.1 Å². The predicted molar refractivity (Wildman–Crippen MR) is 125 cm³/mol. The quantitative estimate of drug-likeness (QED) is 0.398. The predicted octanol–water partition coefficient (Wildman–Crippen LogP) is 3.69. The molecule has 0 atom stereocenters. The van der Waals surface area contributed by atoms with Crippen LogP contribution in [-0.4, -0.2) is 40.4 Å². The SMILES string of the molecule is Cn1cc(-c2cn3nccc3c(-c3cc(F)c(CNC(=O)c4nc(C(C)(C)C)no4)cc3F)n2)cn1. The fraction of sp³-hybridized carbons (Fsp3) is 0.250. The molecule has 1 amide bonds. The van der Waals surface area contributed by atoms with Gasteiger partial charge >= 0.3 is 11.8 Å². The van der Waals surface area contributed by atoms with Gasteiger partial charge in [0.05, 0.1) is 35.5 Å². The van der Waals surface area contributed by atoms with Crippen molar-refractivity contribution in [2.45, 2.75) is 32.7 Å². The summed E-state index contributed by atoms with van der Waals surface area (Å²) in [5, 5.41) is 14.6. The van der Waals surface area contributed by atoms with Crippen LogP contribution in [0.25, 0.3) is 28.0 Å². The average molecular weight is 492 g/mol. The highest BCUT2D eigenvalue weighted by Crippen LogP contribution is 2.30. The van der Waals surface area contributed by atoms with Crippen LogP contribution in [-0.2, 0) is 19.0 Å². The number of aromatic nitrogens is 7. The number of nitrogens with one attached hydrogen (secondary N) is 1. The van der Waals surface area contributed by atoms with E-state index in [1.807, 2.05) is 20.8 Å². The molecular weight excluding hydrogens is 470 g/mol. The molecule has 5 rings (SSSR count). The Kier molecular flexibility index (Phi) is 5.58. The summed E-state index contributed by atoms with van der Waals surface area (Å²) in [6, 6.07) is 3.76. The van der Waals surface area contributed by atoms with E-state index < -0.39 is 23.0 Å². The molecule has 0 radical (unpaired) electrons. The molecule has 0 bridgehead atoms. The van der Waals surface area contributed by atoms with Crippen LogP contribution in [0.15, 0.2) is 47.5 Å². The summed E-state index contributed by atoms with van der Waals surface area (Å²) in [4.78, 5) is 21.0. The van der Waals surface area contributed by atoms with E-state index in [1.165, 1.54) is 0 Å². The van der Waals surface area contributed by atoms with Crippen molar-refractivity contribution in [1.82, 2.24) is 39.8 Å². The van der Waals surface area contributed by atoms with E-state index in [4.69, 9.17) is 4.52 Å². The summed E-state index contributed by atoms with van der Waals surface area (Å²) in [6.45, 7) is 5.34. The number of aryl methyl sites for hydroxylation is 1. The van der Waals surface area contributed by atoms with Gasteiger partial charge in [0.15, 0.2) is 5.82 Å². The fourth-order valence-corrected chi connectivity index (χ4v) is 3.59. The number of hydrogen-bond acceptors (Lipinski definition) is 7. The van der Waals surface area contributed by atoms with Crippen LogP contribution >= 0.6 is 0 Å². The van der Waals surface area contributed by atoms with Crippen LogP contribution in [0.3, 0.4) is 0 Å². The molecule has 36 heavy (non-hydrogen) atoms. The third-order valence-electron chi connectivity index (χ3n) is 5.51. The number of fused-ring (bicyclic) bond motifs is 1. The Balaban J connectivity index is 1.43. The molecule has 0 saturated heterocycles. The van der Waals surface area contributed by atoms with Crippen molar-refractivity contribution in [3.05, 3.63) is 71.9 Å². The first-order valence-electron chi connectivity index (χ1n) is 11.0. The van der Waals surface area contributed by atoms with E-state index in [9.17, 15) is 4.79 Å². The number of rotatable bonds is 5. The second-order valence-electron chi connectivity index (χ2n) is 9.32. The van der Waals surface area contributed by atoms with Crippen molar-refractivity contribution in [1.29, 1.82) is 0 Å². The zero-order valence-electron chi connectivity index (χ0n) is 20.0. The Morgan fingerprint density at radius 1 is 1.11 bits per heavy atom. The van der Waals surface area contributed by atoms with Crippen LogP contribution in [0.5, 0.6) is 0 Å². The van der Waals surface area contributed by atoms with E-state index in [-0.39, 0.29) is 29.3 Å². The van der Waals surface area contributed by atoms with Crippen molar-refractivity contribution in [3.63, 3.8) is 0 Å². The zero-order chi connectivity index (χ0) is 25.6. The second kappa shape index (κ2) is 8.63. The van der Waals surface area contributed by atoms with Gasteiger partial charge in [-0.3, -0.25) is 9.48 Å². The molecule has 1 aromatic carbocycles. The van der Waals surface area contributed by atoms with Gasteiger partial charge in [-0.25, -0.2) is 18.3 Å². The molecule has 0 aliphatic heterocycles. The molecular formula is C24H22F2N8O2. The molecule has 0 aliphatic carbocycles. The van der Waals surface area contributed by atoms with E-state index in [0.29, 0.717) is 22.6 Å². The normalized spacial score (nSPS) is 11.8. The first-order chi connectivity index (χ1) is 17.1. The van der Waals surface area contributed by atoms with Crippen molar-refractivity contribution < 1.29 is 18.1 Å². The monoisotopic (exact) mass is 492 g/mol. The Morgan fingerprint density at radius 3 is 2.61 bits per heavy atom. The Hall–Kier alpha value is -4.48. The maximum Gasteiger partial charge on any atom is 0.315 e. The first kappa shape index (κ1) is 23.3. The van der Waals surface area contributed by atoms with Crippen LogP contribution in [0.2, 0.25) is 0 Å². The third kappa shape index (κ3) is 4.32. The Labute approximate surface area is 204 Å². The molecule has 1 N–H and O–H groups in total. The lowest BCUT2D eigenvalue weighted by molar-refractivity contribution is 0.0906. The lowest BCUT2D eigenvalue weighted by Gasteiger charge is -2.11. The number of benzene rings is 1. The van der Waals surface area contributed by atoms with Crippen LogP contribution in [0.4, 0.5) is 8.78 Å². The number of carbonyl (C=O) groups excluding carboxylic acids is 1. The Morgan fingerprint density at radius 2 is 1.92 bits per heavy atom. The number of carbonyl (C=O) groups is 1. The van der Waals surface area contributed by atoms with Crippen molar-refractivity contribution >= 4 is 11.4 Å². The molecule has 4 aromatic heterocycles. The standard InChI is InChI=1S/C24H22F2N8O2/c1-24(2,3)23-31-22(36-32-23)21(35)27-9-13-7-17(26)15(8-16(13)25)20-19-5-6-28-34(19)12-18(30-20)14-10-29-33(4)11-14/h5-8,10-12H,9H2,1-4H3,(H,27,35). The summed E-state index contributed by atoms with van der Waals surface area (Å²) in [5.41, 5.74) is 1.44. The lowest BCUT2D eigenvalue weighted by Crippen LogP contribution is -2.24. The smallest absolute Gasteiger partial charge is 0.315 e. The molecule has 12 heteroatoms. The van der Waals surface area contributed by atoms with Crippen molar-refractivity contribution in [2.24, 2.45) is 7.05 Å². The van der Waals surface area contributed by atoms with Gasteiger partial charge in [0.1, 0.15) is 11.6 Å². The minimum absolute atomic E-state index is 0.0365. The van der Waals surface area contributed by atoms with Crippen LogP contribution < -0.4 is 5.32 Å². The zero-order valence-corrected chi connectivity index (χ0v) is 20.0. The molecule has 0 fully saturated rings. The topological polar surface area (TPSA) is 116 Å². The van der Waals surface area contributed by atoms with E-state index in [1.54, 1.807) is 47.1 Å². The minimum atomic E-state index is -0.709. The third-order valence-corrected chi connectivity index (χ3v) is 5.51. The number of amides is 1. The minimum Gasteiger partial charge on any atom is -0.344 e. The van der Waals surface area contributed by atoms with Gasteiger partial charge in [-0.2, -0.15) is 15.2 Å². The largest absolute Gasteiger partial charge is 0.344 e. The fourth-order valence-electron chi connectivity index (χ4n) is 3.59. The highest BCUT2D eigenvalue weighted by molar-refractivity contribution is 5.89. The van der Waals surface area contributed by atoms with Gasteiger partial charge in [-0.05, 0) is 18.2 Å². The van der Waals surface area contributed by atoms with Crippen LogP contribution in [0, 0.1) is 11.6 Å². The van der Waals surface area contributed by atoms with Crippen molar-refractivity contribution in [2.75, 3.05) is 0 Å². The number of hydrogen-bond donors (Lipinski definition) is 1. The van der Waals surface area contributed by atoms with Gasteiger partial charge in [0, 0.05) is 41.9 Å². The van der Waals surface area contributed by atoms with E-state index >= 15 is 8.78 Å². The molecule has 0 saturated carbocycles.